The average Bonchev–Trinajstić information content (AvgIpc) is 2.91. The summed E-state index contributed by atoms with van der Waals surface area (Å²) in [4.78, 5) is 17.0. The highest BCUT2D eigenvalue weighted by molar-refractivity contribution is 6.16. The monoisotopic (exact) mass is 516 g/mol. The molecular formula is C32H40N2O4. The fourth-order valence-corrected chi connectivity index (χ4v) is 4.52. The summed E-state index contributed by atoms with van der Waals surface area (Å²) in [5, 5.41) is 32.1. The van der Waals surface area contributed by atoms with Crippen LogP contribution in [-0.4, -0.2) is 27.8 Å². The number of rotatable bonds is 9. The maximum absolute atomic E-state index is 13.8. The molecule has 0 bridgehead atoms. The van der Waals surface area contributed by atoms with E-state index in [1.807, 2.05) is 26.8 Å². The molecule has 0 aromatic heterocycles. The molecule has 0 saturated heterocycles. The van der Waals surface area contributed by atoms with Crippen LogP contribution in [0.2, 0.25) is 0 Å². The standard InChI is InChI=1S/C32H40N2O4/c1-21(2)10-7-11-23(5)12-8-13-24(6)16-17-33-27-18-25(35)19-29(37)31(27)34(20-22(3)4)30-26(32(33)38)14-9-15-28(30)36/h9-10,12,14-16,18-20,35-37H,7-8,11,13,17H2,1-6H3. The Hall–Kier alpha value is -3.93. The van der Waals surface area contributed by atoms with Gasteiger partial charge in [0.15, 0.2) is 0 Å². The predicted octanol–water partition coefficient (Wildman–Crippen LogP) is 8.24. The number of anilines is 3. The number of carbonyl (C=O) groups is 1. The maximum Gasteiger partial charge on any atom is 0.260 e. The molecular weight excluding hydrogens is 476 g/mol. The van der Waals surface area contributed by atoms with Crippen molar-refractivity contribution < 1.29 is 20.1 Å². The zero-order valence-corrected chi connectivity index (χ0v) is 23.4. The van der Waals surface area contributed by atoms with Gasteiger partial charge in [-0.05, 0) is 79.4 Å². The summed E-state index contributed by atoms with van der Waals surface area (Å²) in [7, 11) is 0. The topological polar surface area (TPSA) is 84.2 Å². The second kappa shape index (κ2) is 12.5. The van der Waals surface area contributed by atoms with E-state index in [-0.39, 0.29) is 35.4 Å². The van der Waals surface area contributed by atoms with Crippen molar-refractivity contribution in [3.8, 4) is 17.2 Å². The Bertz CT molecular complexity index is 1310. The van der Waals surface area contributed by atoms with Gasteiger partial charge in [-0.1, -0.05) is 46.6 Å². The molecule has 1 heterocycles. The van der Waals surface area contributed by atoms with Crippen LogP contribution in [0.1, 0.15) is 77.6 Å². The van der Waals surface area contributed by atoms with Crippen molar-refractivity contribution in [2.75, 3.05) is 16.3 Å². The number of nitrogens with zero attached hydrogens (tertiary/aromatic N) is 2. The van der Waals surface area contributed by atoms with E-state index < -0.39 is 0 Å². The molecule has 0 unspecified atom stereocenters. The molecule has 38 heavy (non-hydrogen) atoms. The van der Waals surface area contributed by atoms with E-state index in [0.717, 1.165) is 36.8 Å². The van der Waals surface area contributed by atoms with Crippen LogP contribution in [0.4, 0.5) is 17.1 Å². The first-order chi connectivity index (χ1) is 18.0. The number of amides is 1. The van der Waals surface area contributed by atoms with Crippen LogP contribution in [0.15, 0.2) is 77.1 Å². The van der Waals surface area contributed by atoms with Crippen LogP contribution in [0.5, 0.6) is 17.2 Å². The van der Waals surface area contributed by atoms with Crippen LogP contribution in [0.25, 0.3) is 0 Å². The predicted molar refractivity (Wildman–Crippen MR) is 157 cm³/mol. The summed E-state index contributed by atoms with van der Waals surface area (Å²) < 4.78 is 0. The molecule has 3 N–H and O–H groups in total. The molecule has 2 aromatic rings. The number of aromatic hydroxyl groups is 3. The van der Waals surface area contributed by atoms with E-state index in [0.29, 0.717) is 16.9 Å². The zero-order valence-electron chi connectivity index (χ0n) is 23.4. The van der Waals surface area contributed by atoms with Crippen molar-refractivity contribution in [2.45, 2.75) is 67.2 Å². The number of para-hydroxylation sites is 1. The van der Waals surface area contributed by atoms with Crippen molar-refractivity contribution >= 4 is 23.0 Å². The Balaban J connectivity index is 1.95. The second-order valence-corrected chi connectivity index (χ2v) is 10.5. The minimum atomic E-state index is -0.328. The van der Waals surface area contributed by atoms with Crippen molar-refractivity contribution in [1.29, 1.82) is 0 Å². The molecule has 1 aliphatic rings. The van der Waals surface area contributed by atoms with Crippen LogP contribution >= 0.6 is 0 Å². The summed E-state index contributed by atoms with van der Waals surface area (Å²) >= 11 is 0. The number of hydrogen-bond acceptors (Lipinski definition) is 5. The first-order valence-corrected chi connectivity index (χ1v) is 13.1. The van der Waals surface area contributed by atoms with Gasteiger partial charge in [0.1, 0.15) is 28.6 Å². The van der Waals surface area contributed by atoms with Gasteiger partial charge in [-0.2, -0.15) is 0 Å². The Morgan fingerprint density at radius 3 is 2.11 bits per heavy atom. The minimum absolute atomic E-state index is 0.0768. The summed E-state index contributed by atoms with van der Waals surface area (Å²) in [5.74, 6) is -0.750. The molecule has 2 aromatic carbocycles. The van der Waals surface area contributed by atoms with E-state index >= 15 is 0 Å². The number of benzene rings is 2. The first-order valence-electron chi connectivity index (χ1n) is 13.1. The van der Waals surface area contributed by atoms with E-state index in [9.17, 15) is 20.1 Å². The SMILES string of the molecule is CC(C)=CCCC(C)=CCCC(C)=CCN1C(=O)c2cccc(O)c2N(C=C(C)C)c2c(O)cc(O)cc21. The maximum atomic E-state index is 13.8. The third-order valence-corrected chi connectivity index (χ3v) is 6.45. The molecule has 202 valence electrons. The Morgan fingerprint density at radius 1 is 0.789 bits per heavy atom. The highest BCUT2D eigenvalue weighted by atomic mass is 16.3. The number of phenols is 3. The molecule has 1 amide bonds. The van der Waals surface area contributed by atoms with Crippen LogP contribution in [-0.2, 0) is 0 Å². The van der Waals surface area contributed by atoms with Gasteiger partial charge in [-0.15, -0.1) is 0 Å². The van der Waals surface area contributed by atoms with Crippen LogP contribution in [0.3, 0.4) is 0 Å². The van der Waals surface area contributed by atoms with Gasteiger partial charge in [0.2, 0.25) is 0 Å². The van der Waals surface area contributed by atoms with Gasteiger partial charge in [0.25, 0.3) is 5.91 Å². The van der Waals surface area contributed by atoms with Crippen molar-refractivity contribution in [3.05, 3.63) is 82.6 Å². The van der Waals surface area contributed by atoms with E-state index in [4.69, 9.17) is 0 Å². The van der Waals surface area contributed by atoms with Gasteiger partial charge in [-0.3, -0.25) is 4.79 Å². The number of allylic oxidation sites excluding steroid dienone is 6. The van der Waals surface area contributed by atoms with Crippen molar-refractivity contribution in [2.24, 2.45) is 0 Å². The van der Waals surface area contributed by atoms with Gasteiger partial charge in [0.05, 0.1) is 11.3 Å². The van der Waals surface area contributed by atoms with Crippen LogP contribution < -0.4 is 9.80 Å². The van der Waals surface area contributed by atoms with Gasteiger partial charge in [0, 0.05) is 24.9 Å². The van der Waals surface area contributed by atoms with E-state index in [1.165, 1.54) is 34.2 Å². The molecule has 0 aliphatic carbocycles. The molecule has 1 aliphatic heterocycles. The Morgan fingerprint density at radius 2 is 1.45 bits per heavy atom. The molecule has 0 spiro atoms. The fourth-order valence-electron chi connectivity index (χ4n) is 4.52. The third-order valence-electron chi connectivity index (χ3n) is 6.45. The third kappa shape index (κ3) is 6.88. The minimum Gasteiger partial charge on any atom is -0.508 e. The number of hydrogen-bond donors (Lipinski definition) is 3. The molecule has 6 nitrogen and oxygen atoms in total. The van der Waals surface area contributed by atoms with Gasteiger partial charge >= 0.3 is 0 Å². The first kappa shape index (κ1) is 28.6. The largest absolute Gasteiger partial charge is 0.508 e. The summed E-state index contributed by atoms with van der Waals surface area (Å²) in [6.07, 6.45) is 12.2. The molecule has 6 heteroatoms. The van der Waals surface area contributed by atoms with Crippen molar-refractivity contribution in [1.82, 2.24) is 0 Å². The fraction of sp³-hybridized carbons (Fsp3) is 0.344. The molecule has 0 fully saturated rings. The van der Waals surface area contributed by atoms with Crippen molar-refractivity contribution in [3.63, 3.8) is 0 Å². The van der Waals surface area contributed by atoms with E-state index in [2.05, 4.69) is 32.9 Å². The number of phenolic OH excluding ortho intramolecular Hbond substituents is 3. The molecule has 0 radical (unpaired) electrons. The zero-order chi connectivity index (χ0) is 28.0. The summed E-state index contributed by atoms with van der Waals surface area (Å²) in [6, 6.07) is 7.53. The molecule has 0 atom stereocenters. The van der Waals surface area contributed by atoms with Crippen LogP contribution in [0, 0.1) is 0 Å². The van der Waals surface area contributed by atoms with Gasteiger partial charge < -0.3 is 25.1 Å². The summed E-state index contributed by atoms with van der Waals surface area (Å²) in [6.45, 7) is 12.5. The highest BCUT2D eigenvalue weighted by Gasteiger charge is 2.34. The lowest BCUT2D eigenvalue weighted by Crippen LogP contribution is -2.30. The lowest BCUT2D eigenvalue weighted by Gasteiger charge is -2.26. The number of fused-ring (bicyclic) bond motifs is 2. The lowest BCUT2D eigenvalue weighted by atomic mass is 10.1. The Kier molecular flexibility index (Phi) is 9.45. The quantitative estimate of drug-likeness (QED) is 0.292. The Labute approximate surface area is 226 Å². The highest BCUT2D eigenvalue weighted by Crippen LogP contribution is 2.50. The second-order valence-electron chi connectivity index (χ2n) is 10.5. The smallest absolute Gasteiger partial charge is 0.260 e. The molecule has 0 saturated carbocycles. The van der Waals surface area contributed by atoms with Gasteiger partial charge in [-0.25, -0.2) is 0 Å². The van der Waals surface area contributed by atoms with E-state index in [1.54, 1.807) is 23.2 Å². The lowest BCUT2D eigenvalue weighted by molar-refractivity contribution is 0.0990. The number of carbonyl (C=O) groups excluding carboxylic acids is 1. The average molecular weight is 517 g/mol. The normalized spacial score (nSPS) is 13.6. The summed E-state index contributed by atoms with van der Waals surface area (Å²) in [5.41, 5.74) is 6.02. The molecule has 3 rings (SSSR count).